The molecule has 0 unspecified atom stereocenters. The number of nitrogens with one attached hydrogen (secondary N) is 1. The van der Waals surface area contributed by atoms with E-state index < -0.39 is 11.6 Å². The summed E-state index contributed by atoms with van der Waals surface area (Å²) in [6.45, 7) is 0. The SMILES string of the molecule is N=C(N)c1ccnc(Oc2cc(F)ccc2F)c1Cl. The van der Waals surface area contributed by atoms with E-state index in [1.54, 1.807) is 0 Å². The highest BCUT2D eigenvalue weighted by atomic mass is 35.5. The first-order chi connectivity index (χ1) is 8.99. The zero-order valence-corrected chi connectivity index (χ0v) is 10.2. The third kappa shape index (κ3) is 2.79. The van der Waals surface area contributed by atoms with Crippen LogP contribution in [-0.4, -0.2) is 10.8 Å². The quantitative estimate of drug-likeness (QED) is 0.671. The van der Waals surface area contributed by atoms with Crippen LogP contribution in [0.3, 0.4) is 0 Å². The summed E-state index contributed by atoms with van der Waals surface area (Å²) < 4.78 is 31.5. The summed E-state index contributed by atoms with van der Waals surface area (Å²) in [5.41, 5.74) is 5.51. The molecule has 0 aliphatic carbocycles. The van der Waals surface area contributed by atoms with Crippen LogP contribution >= 0.6 is 11.6 Å². The Morgan fingerprint density at radius 1 is 1.32 bits per heavy atom. The molecular weight excluding hydrogens is 276 g/mol. The Morgan fingerprint density at radius 3 is 2.74 bits per heavy atom. The number of aromatic nitrogens is 1. The molecule has 3 N–H and O–H groups in total. The van der Waals surface area contributed by atoms with E-state index in [1.165, 1.54) is 12.3 Å². The molecule has 0 aliphatic rings. The number of pyridine rings is 1. The molecule has 7 heteroatoms. The van der Waals surface area contributed by atoms with E-state index in [0.29, 0.717) is 0 Å². The number of nitrogens with zero attached hydrogens (tertiary/aromatic N) is 1. The molecule has 1 heterocycles. The Balaban J connectivity index is 2.41. The van der Waals surface area contributed by atoms with Gasteiger partial charge in [-0.05, 0) is 18.2 Å². The van der Waals surface area contributed by atoms with E-state index in [9.17, 15) is 8.78 Å². The lowest BCUT2D eigenvalue weighted by molar-refractivity contribution is 0.422. The summed E-state index contributed by atoms with van der Waals surface area (Å²) in [5, 5.41) is 7.26. The molecule has 19 heavy (non-hydrogen) atoms. The summed E-state index contributed by atoms with van der Waals surface area (Å²) in [6, 6.07) is 4.17. The van der Waals surface area contributed by atoms with Crippen LogP contribution in [0.1, 0.15) is 5.56 Å². The lowest BCUT2D eigenvalue weighted by Gasteiger charge is -2.09. The topological polar surface area (TPSA) is 72.0 Å². The second-order valence-electron chi connectivity index (χ2n) is 3.57. The largest absolute Gasteiger partial charge is 0.434 e. The van der Waals surface area contributed by atoms with Crippen molar-refractivity contribution in [3.63, 3.8) is 0 Å². The van der Waals surface area contributed by atoms with Crippen molar-refractivity contribution >= 4 is 17.4 Å². The summed E-state index contributed by atoms with van der Waals surface area (Å²) >= 11 is 5.92. The van der Waals surface area contributed by atoms with Gasteiger partial charge in [-0.2, -0.15) is 0 Å². The minimum Gasteiger partial charge on any atom is -0.434 e. The maximum absolute atomic E-state index is 13.4. The highest BCUT2D eigenvalue weighted by molar-refractivity contribution is 6.35. The smallest absolute Gasteiger partial charge is 0.239 e. The maximum Gasteiger partial charge on any atom is 0.239 e. The van der Waals surface area contributed by atoms with Crippen LogP contribution in [0.5, 0.6) is 11.6 Å². The Morgan fingerprint density at radius 2 is 2.05 bits per heavy atom. The van der Waals surface area contributed by atoms with Crippen molar-refractivity contribution < 1.29 is 13.5 Å². The van der Waals surface area contributed by atoms with Crippen molar-refractivity contribution in [2.24, 2.45) is 5.73 Å². The Bertz CT molecular complexity index is 649. The fraction of sp³-hybridized carbons (Fsp3) is 0. The normalized spacial score (nSPS) is 10.3. The first kappa shape index (κ1) is 13.2. The predicted molar refractivity (Wildman–Crippen MR) is 66.7 cm³/mol. The molecular formula is C12H8ClF2N3O. The Labute approximate surface area is 112 Å². The van der Waals surface area contributed by atoms with Gasteiger partial charge in [0.2, 0.25) is 5.88 Å². The van der Waals surface area contributed by atoms with Crippen LogP contribution < -0.4 is 10.5 Å². The Hall–Kier alpha value is -2.21. The third-order valence-electron chi connectivity index (χ3n) is 2.25. The van der Waals surface area contributed by atoms with E-state index in [1.807, 2.05) is 0 Å². The molecule has 0 spiro atoms. The zero-order chi connectivity index (χ0) is 14.0. The van der Waals surface area contributed by atoms with Crippen LogP contribution in [0, 0.1) is 17.0 Å². The average molecular weight is 284 g/mol. The second kappa shape index (κ2) is 5.19. The molecule has 2 aromatic rings. The third-order valence-corrected chi connectivity index (χ3v) is 2.61. The minimum absolute atomic E-state index is 0.0429. The fourth-order valence-electron chi connectivity index (χ4n) is 1.36. The number of ether oxygens (including phenoxy) is 1. The van der Waals surface area contributed by atoms with Crippen LogP contribution in [-0.2, 0) is 0 Å². The van der Waals surface area contributed by atoms with Gasteiger partial charge >= 0.3 is 0 Å². The van der Waals surface area contributed by atoms with E-state index in [4.69, 9.17) is 27.5 Å². The number of halogens is 3. The van der Waals surface area contributed by atoms with Gasteiger partial charge in [-0.25, -0.2) is 13.8 Å². The lowest BCUT2D eigenvalue weighted by atomic mass is 10.2. The molecule has 0 atom stereocenters. The van der Waals surface area contributed by atoms with Gasteiger partial charge in [-0.1, -0.05) is 11.6 Å². The molecule has 1 aromatic carbocycles. The number of nitrogen functional groups attached to an aromatic ring is 1. The van der Waals surface area contributed by atoms with Gasteiger partial charge in [0.05, 0.1) is 0 Å². The van der Waals surface area contributed by atoms with Crippen molar-refractivity contribution in [2.45, 2.75) is 0 Å². The van der Waals surface area contributed by atoms with Gasteiger partial charge in [-0.15, -0.1) is 0 Å². The molecule has 0 aliphatic heterocycles. The second-order valence-corrected chi connectivity index (χ2v) is 3.95. The number of amidine groups is 1. The van der Waals surface area contributed by atoms with Crippen molar-refractivity contribution in [2.75, 3.05) is 0 Å². The number of hydrogen-bond donors (Lipinski definition) is 2. The van der Waals surface area contributed by atoms with Crippen LogP contribution in [0.15, 0.2) is 30.5 Å². The highest BCUT2D eigenvalue weighted by Crippen LogP contribution is 2.31. The fourth-order valence-corrected chi connectivity index (χ4v) is 1.62. The van der Waals surface area contributed by atoms with Gasteiger partial charge in [0.15, 0.2) is 11.6 Å². The summed E-state index contributed by atoms with van der Waals surface area (Å²) in [4.78, 5) is 3.79. The van der Waals surface area contributed by atoms with Gasteiger partial charge in [-0.3, -0.25) is 5.41 Å². The van der Waals surface area contributed by atoms with Crippen molar-refractivity contribution in [3.8, 4) is 11.6 Å². The average Bonchev–Trinajstić information content (AvgIpc) is 2.36. The summed E-state index contributed by atoms with van der Waals surface area (Å²) in [5.74, 6) is -2.20. The van der Waals surface area contributed by atoms with Crippen LogP contribution in [0.25, 0.3) is 0 Å². The van der Waals surface area contributed by atoms with E-state index in [0.717, 1.165) is 18.2 Å². The molecule has 0 saturated carbocycles. The summed E-state index contributed by atoms with van der Waals surface area (Å²) in [6.07, 6.45) is 1.30. The molecule has 0 fully saturated rings. The molecule has 0 saturated heterocycles. The number of benzene rings is 1. The first-order valence-electron chi connectivity index (χ1n) is 5.11. The maximum atomic E-state index is 13.4. The molecule has 1 aromatic heterocycles. The van der Waals surface area contributed by atoms with Crippen molar-refractivity contribution in [3.05, 3.63) is 52.7 Å². The monoisotopic (exact) mass is 283 g/mol. The zero-order valence-electron chi connectivity index (χ0n) is 9.45. The van der Waals surface area contributed by atoms with Gasteiger partial charge in [0.1, 0.15) is 16.7 Å². The summed E-state index contributed by atoms with van der Waals surface area (Å²) in [7, 11) is 0. The predicted octanol–water partition coefficient (Wildman–Crippen LogP) is 3.09. The first-order valence-corrected chi connectivity index (χ1v) is 5.48. The molecule has 4 nitrogen and oxygen atoms in total. The highest BCUT2D eigenvalue weighted by Gasteiger charge is 2.14. The molecule has 2 rings (SSSR count). The molecule has 0 radical (unpaired) electrons. The molecule has 0 bridgehead atoms. The van der Waals surface area contributed by atoms with Crippen LogP contribution in [0.4, 0.5) is 8.78 Å². The van der Waals surface area contributed by atoms with E-state index in [-0.39, 0.29) is 28.1 Å². The van der Waals surface area contributed by atoms with Crippen LogP contribution in [0.2, 0.25) is 5.02 Å². The van der Waals surface area contributed by atoms with E-state index in [2.05, 4.69) is 4.98 Å². The Kier molecular flexibility index (Phi) is 3.62. The van der Waals surface area contributed by atoms with Crippen molar-refractivity contribution in [1.82, 2.24) is 4.98 Å². The lowest BCUT2D eigenvalue weighted by Crippen LogP contribution is -2.12. The van der Waals surface area contributed by atoms with Gasteiger partial charge in [0.25, 0.3) is 0 Å². The number of nitrogens with two attached hydrogens (primary N) is 1. The van der Waals surface area contributed by atoms with Gasteiger partial charge in [0, 0.05) is 17.8 Å². The standard InChI is InChI=1S/C12H8ClF2N3O/c13-10-7(11(16)17)3-4-18-12(10)19-9-5-6(14)1-2-8(9)15/h1-5H,(H3,16,17). The molecule has 98 valence electrons. The molecule has 0 amide bonds. The number of rotatable bonds is 3. The van der Waals surface area contributed by atoms with E-state index >= 15 is 0 Å². The minimum atomic E-state index is -0.757. The van der Waals surface area contributed by atoms with Crippen molar-refractivity contribution in [1.29, 1.82) is 5.41 Å². The number of hydrogen-bond acceptors (Lipinski definition) is 3. The van der Waals surface area contributed by atoms with Gasteiger partial charge < -0.3 is 10.5 Å².